The predicted molar refractivity (Wildman–Crippen MR) is 95.1 cm³/mol. The van der Waals surface area contributed by atoms with Gasteiger partial charge in [-0.15, -0.1) is 0 Å². The topological polar surface area (TPSA) is 94.8 Å². The van der Waals surface area contributed by atoms with Crippen LogP contribution in [0.5, 0.6) is 0 Å². The van der Waals surface area contributed by atoms with Gasteiger partial charge in [-0.3, -0.25) is 9.59 Å². The van der Waals surface area contributed by atoms with Crippen LogP contribution in [0.4, 0.5) is 0 Å². The van der Waals surface area contributed by atoms with E-state index in [9.17, 15) is 24.9 Å². The van der Waals surface area contributed by atoms with Gasteiger partial charge in [0.2, 0.25) is 0 Å². The van der Waals surface area contributed by atoms with Crippen LogP contribution in [0.2, 0.25) is 0 Å². The molecule has 26 heavy (non-hydrogen) atoms. The number of allylic oxidation sites excluding steroid dienone is 1. The van der Waals surface area contributed by atoms with E-state index in [1.54, 1.807) is 6.08 Å². The first-order valence-corrected chi connectivity index (χ1v) is 9.96. The van der Waals surface area contributed by atoms with Crippen molar-refractivity contribution in [2.45, 2.75) is 70.5 Å². The van der Waals surface area contributed by atoms with E-state index >= 15 is 0 Å². The van der Waals surface area contributed by atoms with E-state index in [0.29, 0.717) is 19.3 Å². The van der Waals surface area contributed by atoms with Gasteiger partial charge in [0, 0.05) is 11.8 Å². The van der Waals surface area contributed by atoms with E-state index in [-0.39, 0.29) is 29.0 Å². The summed E-state index contributed by atoms with van der Waals surface area (Å²) >= 11 is 0. The average molecular weight is 362 g/mol. The second-order valence-electron chi connectivity index (χ2n) is 9.56. The van der Waals surface area contributed by atoms with Gasteiger partial charge in [-0.1, -0.05) is 19.4 Å². The highest BCUT2D eigenvalue weighted by Gasteiger charge is 2.68. The molecule has 1 unspecified atom stereocenters. The zero-order chi connectivity index (χ0) is 18.9. The summed E-state index contributed by atoms with van der Waals surface area (Å²) in [5.74, 6) is 0.140. The second-order valence-corrected chi connectivity index (χ2v) is 9.56. The van der Waals surface area contributed by atoms with E-state index in [4.69, 9.17) is 0 Å². The van der Waals surface area contributed by atoms with Crippen LogP contribution in [0, 0.1) is 28.6 Å². The molecule has 144 valence electrons. The summed E-state index contributed by atoms with van der Waals surface area (Å²) < 4.78 is 0. The molecule has 5 nitrogen and oxygen atoms in total. The molecule has 0 bridgehead atoms. The minimum absolute atomic E-state index is 0.0697. The highest BCUT2D eigenvalue weighted by molar-refractivity contribution is 5.91. The number of hydrogen-bond donors (Lipinski definition) is 3. The van der Waals surface area contributed by atoms with Gasteiger partial charge in [-0.25, -0.2) is 0 Å². The zero-order valence-corrected chi connectivity index (χ0v) is 15.7. The number of ketones is 2. The fourth-order valence-corrected chi connectivity index (χ4v) is 7.28. The lowest BCUT2D eigenvalue weighted by molar-refractivity contribution is -0.182. The fraction of sp³-hybridized carbons (Fsp3) is 0.810. The molecule has 4 aliphatic carbocycles. The lowest BCUT2D eigenvalue weighted by Crippen LogP contribution is -2.62. The Hall–Kier alpha value is -1.04. The maximum atomic E-state index is 12.4. The molecular formula is C21H30O5. The lowest BCUT2D eigenvalue weighted by Gasteiger charge is -2.60. The molecule has 0 amide bonds. The van der Waals surface area contributed by atoms with E-state index in [2.05, 4.69) is 6.92 Å². The van der Waals surface area contributed by atoms with Gasteiger partial charge in [0.15, 0.2) is 11.6 Å². The Morgan fingerprint density at radius 1 is 1.23 bits per heavy atom. The number of aliphatic hydroxyl groups is 3. The van der Waals surface area contributed by atoms with Crippen LogP contribution in [0.1, 0.15) is 58.8 Å². The van der Waals surface area contributed by atoms with Crippen molar-refractivity contribution in [3.8, 4) is 0 Å². The van der Waals surface area contributed by atoms with Gasteiger partial charge in [-0.2, -0.15) is 0 Å². The number of rotatable bonds is 2. The summed E-state index contributed by atoms with van der Waals surface area (Å²) in [4.78, 5) is 24.3. The normalized spacial score (nSPS) is 50.5. The first-order chi connectivity index (χ1) is 12.2. The molecular weight excluding hydrogens is 332 g/mol. The van der Waals surface area contributed by atoms with Crippen molar-refractivity contribution >= 4 is 11.6 Å². The van der Waals surface area contributed by atoms with Crippen LogP contribution in [-0.4, -0.2) is 45.2 Å². The molecule has 3 saturated carbocycles. The lowest BCUT2D eigenvalue weighted by atomic mass is 9.45. The van der Waals surface area contributed by atoms with Crippen LogP contribution in [0.15, 0.2) is 11.6 Å². The van der Waals surface area contributed by atoms with Crippen molar-refractivity contribution in [1.29, 1.82) is 0 Å². The Balaban J connectivity index is 1.74. The molecule has 0 radical (unpaired) electrons. The maximum Gasteiger partial charge on any atom is 0.190 e. The molecule has 4 rings (SSSR count). The molecule has 0 heterocycles. The monoisotopic (exact) mass is 362 g/mol. The number of carbonyl (C=O) groups is 2. The van der Waals surface area contributed by atoms with Gasteiger partial charge >= 0.3 is 0 Å². The predicted octanol–water partition coefficient (Wildman–Crippen LogP) is 1.78. The molecule has 4 aliphatic rings. The molecule has 0 aromatic heterocycles. The van der Waals surface area contributed by atoms with Crippen molar-refractivity contribution in [2.75, 3.05) is 6.61 Å². The van der Waals surface area contributed by atoms with Crippen LogP contribution >= 0.6 is 0 Å². The number of carbonyl (C=O) groups excluding carboxylic acids is 2. The molecule has 0 aromatic rings. The summed E-state index contributed by atoms with van der Waals surface area (Å²) in [6, 6.07) is 0. The Morgan fingerprint density at radius 2 is 1.96 bits per heavy atom. The molecule has 0 aromatic carbocycles. The van der Waals surface area contributed by atoms with Gasteiger partial charge in [-0.05, 0) is 67.8 Å². The van der Waals surface area contributed by atoms with Crippen LogP contribution in [-0.2, 0) is 9.59 Å². The van der Waals surface area contributed by atoms with Gasteiger partial charge in [0.1, 0.15) is 12.2 Å². The van der Waals surface area contributed by atoms with Gasteiger partial charge in [0.25, 0.3) is 0 Å². The number of Topliss-reactive ketones (excluding diaryl/α,β-unsaturated/α-hetero) is 1. The second kappa shape index (κ2) is 5.73. The molecule has 5 heteroatoms. The fourth-order valence-electron chi connectivity index (χ4n) is 7.28. The minimum Gasteiger partial charge on any atom is -0.393 e. The average Bonchev–Trinajstić information content (AvgIpc) is 2.86. The van der Waals surface area contributed by atoms with E-state index in [1.807, 2.05) is 6.92 Å². The molecule has 7 atom stereocenters. The maximum absolute atomic E-state index is 12.4. The summed E-state index contributed by atoms with van der Waals surface area (Å²) in [6.07, 6.45) is 5.74. The van der Waals surface area contributed by atoms with Crippen LogP contribution in [0.3, 0.4) is 0 Å². The first kappa shape index (κ1) is 18.3. The highest BCUT2D eigenvalue weighted by atomic mass is 16.3. The number of aliphatic hydroxyl groups excluding tert-OH is 2. The summed E-state index contributed by atoms with van der Waals surface area (Å²) in [6.45, 7) is 3.46. The van der Waals surface area contributed by atoms with Crippen molar-refractivity contribution in [2.24, 2.45) is 28.6 Å². The number of hydrogen-bond acceptors (Lipinski definition) is 5. The van der Waals surface area contributed by atoms with E-state index < -0.39 is 29.5 Å². The Morgan fingerprint density at radius 3 is 2.65 bits per heavy atom. The van der Waals surface area contributed by atoms with E-state index in [1.165, 1.54) is 5.57 Å². The Bertz CT molecular complexity index is 684. The van der Waals surface area contributed by atoms with Crippen LogP contribution < -0.4 is 0 Å². The summed E-state index contributed by atoms with van der Waals surface area (Å²) in [5, 5.41) is 31.7. The smallest absolute Gasteiger partial charge is 0.190 e. The van der Waals surface area contributed by atoms with Gasteiger partial charge < -0.3 is 15.3 Å². The van der Waals surface area contributed by atoms with Crippen molar-refractivity contribution in [3.05, 3.63) is 11.6 Å². The van der Waals surface area contributed by atoms with Gasteiger partial charge in [0.05, 0.1) is 6.10 Å². The first-order valence-electron chi connectivity index (χ1n) is 9.96. The quantitative estimate of drug-likeness (QED) is 0.696. The van der Waals surface area contributed by atoms with Crippen LogP contribution in [0.25, 0.3) is 0 Å². The Kier molecular flexibility index (Phi) is 4.04. The highest BCUT2D eigenvalue weighted by Crippen LogP contribution is 2.67. The molecule has 3 fully saturated rings. The third kappa shape index (κ3) is 2.14. The zero-order valence-electron chi connectivity index (χ0n) is 15.7. The summed E-state index contributed by atoms with van der Waals surface area (Å²) in [7, 11) is 0. The molecule has 0 aliphatic heterocycles. The number of fused-ring (bicyclic) bond motifs is 5. The molecule has 3 N–H and O–H groups in total. The van der Waals surface area contributed by atoms with E-state index in [0.717, 1.165) is 25.7 Å². The third-order valence-electron chi connectivity index (χ3n) is 8.65. The largest absolute Gasteiger partial charge is 0.393 e. The van der Waals surface area contributed by atoms with Crippen molar-refractivity contribution in [1.82, 2.24) is 0 Å². The SMILES string of the molecule is C[C@]12CCC(=O)C=C1CC[C@H]1C3CC[C@](O)(C(=O)CO)[C@@]3(C)C[C@H](O)[C@@H]12. The standard InChI is InChI=1S/C21H30O5/c1-19-7-5-13(23)9-12(19)3-4-14-15-6-8-21(26,17(25)11-22)20(15,2)10-16(24)18(14)19/h9,14-16,18,22,24,26H,3-8,10-11H2,1-2H3/t14-,15?,16-,18+,19-,20-,21-/m0/s1. The third-order valence-corrected chi connectivity index (χ3v) is 8.65. The van der Waals surface area contributed by atoms with Crippen molar-refractivity contribution < 1.29 is 24.9 Å². The summed E-state index contributed by atoms with van der Waals surface area (Å²) in [5.41, 5.74) is -1.23. The molecule has 0 saturated heterocycles. The van der Waals surface area contributed by atoms with Crippen molar-refractivity contribution in [3.63, 3.8) is 0 Å². The Labute approximate surface area is 154 Å². The minimum atomic E-state index is -1.54. The molecule has 0 spiro atoms.